The third-order valence-corrected chi connectivity index (χ3v) is 4.90. The lowest BCUT2D eigenvalue weighted by atomic mass is 10.1. The standard InChI is InChI=1S/C16H17F3N4OS/c17-16(18,19)14-21-22-15(25-14)20-12-8-10-23(13(12)24)9-4-7-11-5-2-1-3-6-11/h1-3,5-6,12H,4,7-10H2,(H,20,22). The number of halogens is 3. The highest BCUT2D eigenvalue weighted by molar-refractivity contribution is 7.15. The number of carbonyl (C=O) groups excluding carboxylic acids is 1. The number of hydrogen-bond acceptors (Lipinski definition) is 5. The first-order valence-corrected chi connectivity index (χ1v) is 8.75. The summed E-state index contributed by atoms with van der Waals surface area (Å²) < 4.78 is 37.6. The van der Waals surface area contributed by atoms with E-state index in [9.17, 15) is 18.0 Å². The minimum Gasteiger partial charge on any atom is -0.348 e. The van der Waals surface area contributed by atoms with Crippen molar-refractivity contribution in [1.29, 1.82) is 0 Å². The first-order valence-electron chi connectivity index (χ1n) is 7.93. The molecule has 0 spiro atoms. The highest BCUT2D eigenvalue weighted by atomic mass is 32.1. The Hall–Kier alpha value is -2.16. The molecule has 2 aromatic rings. The maximum Gasteiger partial charge on any atom is 0.445 e. The van der Waals surface area contributed by atoms with E-state index in [1.165, 1.54) is 5.56 Å². The Balaban J connectivity index is 1.49. The van der Waals surface area contributed by atoms with E-state index in [2.05, 4.69) is 15.5 Å². The Morgan fingerprint density at radius 1 is 1.24 bits per heavy atom. The van der Waals surface area contributed by atoms with E-state index in [0.717, 1.165) is 12.8 Å². The van der Waals surface area contributed by atoms with Crippen molar-refractivity contribution in [3.05, 3.63) is 40.9 Å². The van der Waals surface area contributed by atoms with Gasteiger partial charge in [-0.2, -0.15) is 13.2 Å². The number of nitrogens with one attached hydrogen (secondary N) is 1. The van der Waals surface area contributed by atoms with Gasteiger partial charge in [-0.3, -0.25) is 4.79 Å². The fourth-order valence-corrected chi connectivity index (χ4v) is 3.42. The van der Waals surface area contributed by atoms with Crippen LogP contribution in [0.15, 0.2) is 30.3 Å². The van der Waals surface area contributed by atoms with Gasteiger partial charge in [-0.1, -0.05) is 41.7 Å². The SMILES string of the molecule is O=C1C(Nc2nnc(C(F)(F)F)s2)CCN1CCCc1ccccc1. The molecule has 1 fully saturated rings. The van der Waals surface area contributed by atoms with Gasteiger partial charge in [-0.15, -0.1) is 10.2 Å². The van der Waals surface area contributed by atoms with E-state index in [0.29, 0.717) is 30.8 Å². The van der Waals surface area contributed by atoms with Crippen LogP contribution in [0.25, 0.3) is 0 Å². The number of anilines is 1. The van der Waals surface area contributed by atoms with Crippen LogP contribution in [-0.2, 0) is 17.4 Å². The lowest BCUT2D eigenvalue weighted by Crippen LogP contribution is -2.34. The van der Waals surface area contributed by atoms with Crippen LogP contribution in [0.1, 0.15) is 23.4 Å². The number of nitrogens with zero attached hydrogens (tertiary/aromatic N) is 3. The lowest BCUT2D eigenvalue weighted by Gasteiger charge is -2.16. The van der Waals surface area contributed by atoms with Gasteiger partial charge in [0.1, 0.15) is 6.04 Å². The van der Waals surface area contributed by atoms with Gasteiger partial charge in [-0.05, 0) is 24.8 Å². The van der Waals surface area contributed by atoms with Crippen LogP contribution >= 0.6 is 11.3 Å². The number of benzene rings is 1. The third-order valence-electron chi connectivity index (χ3n) is 4.00. The molecule has 1 amide bonds. The van der Waals surface area contributed by atoms with Crippen LogP contribution in [0, 0.1) is 0 Å². The number of rotatable bonds is 6. The topological polar surface area (TPSA) is 58.1 Å². The van der Waals surface area contributed by atoms with E-state index in [-0.39, 0.29) is 11.0 Å². The first kappa shape index (κ1) is 17.7. The summed E-state index contributed by atoms with van der Waals surface area (Å²) in [6.07, 6.45) is -2.24. The molecule has 25 heavy (non-hydrogen) atoms. The van der Waals surface area contributed by atoms with Crippen molar-refractivity contribution < 1.29 is 18.0 Å². The predicted octanol–water partition coefficient (Wildman–Crippen LogP) is 3.20. The minimum atomic E-state index is -4.51. The van der Waals surface area contributed by atoms with Gasteiger partial charge in [0.05, 0.1) is 0 Å². The number of aromatic nitrogens is 2. The average molecular weight is 370 g/mol. The Bertz CT molecular complexity index is 720. The molecule has 1 atom stereocenters. The number of alkyl halides is 3. The quantitative estimate of drug-likeness (QED) is 0.848. The summed E-state index contributed by atoms with van der Waals surface area (Å²) in [5, 5.41) is 8.37. The van der Waals surface area contributed by atoms with E-state index < -0.39 is 17.2 Å². The second-order valence-corrected chi connectivity index (χ2v) is 6.79. The molecule has 1 aliphatic heterocycles. The second kappa shape index (κ2) is 7.38. The van der Waals surface area contributed by atoms with E-state index >= 15 is 0 Å². The number of aryl methyl sites for hydroxylation is 1. The van der Waals surface area contributed by atoms with Crippen molar-refractivity contribution in [2.24, 2.45) is 0 Å². The number of carbonyl (C=O) groups is 1. The van der Waals surface area contributed by atoms with Gasteiger partial charge >= 0.3 is 6.18 Å². The van der Waals surface area contributed by atoms with Crippen molar-refractivity contribution in [2.45, 2.75) is 31.5 Å². The van der Waals surface area contributed by atoms with Crippen LogP contribution in [-0.4, -0.2) is 40.1 Å². The largest absolute Gasteiger partial charge is 0.445 e. The molecule has 2 heterocycles. The van der Waals surface area contributed by atoms with Gasteiger partial charge < -0.3 is 10.2 Å². The molecule has 134 valence electrons. The van der Waals surface area contributed by atoms with Crippen molar-refractivity contribution in [1.82, 2.24) is 15.1 Å². The van der Waals surface area contributed by atoms with E-state index in [1.807, 2.05) is 30.3 Å². The fourth-order valence-electron chi connectivity index (χ4n) is 2.76. The fraction of sp³-hybridized carbons (Fsp3) is 0.438. The summed E-state index contributed by atoms with van der Waals surface area (Å²) in [5.41, 5.74) is 1.22. The monoisotopic (exact) mass is 370 g/mol. The highest BCUT2D eigenvalue weighted by Crippen LogP contribution is 2.33. The smallest absolute Gasteiger partial charge is 0.348 e. The molecule has 1 aromatic carbocycles. The summed E-state index contributed by atoms with van der Waals surface area (Å²) in [4.78, 5) is 14.1. The molecule has 0 saturated carbocycles. The maximum absolute atomic E-state index is 12.5. The average Bonchev–Trinajstić information content (AvgIpc) is 3.18. The summed E-state index contributed by atoms with van der Waals surface area (Å²) in [6.45, 7) is 1.23. The van der Waals surface area contributed by atoms with Crippen LogP contribution < -0.4 is 5.32 Å². The zero-order valence-electron chi connectivity index (χ0n) is 13.3. The van der Waals surface area contributed by atoms with Crippen molar-refractivity contribution in [3.63, 3.8) is 0 Å². The van der Waals surface area contributed by atoms with Gasteiger partial charge in [0, 0.05) is 13.1 Å². The van der Waals surface area contributed by atoms with Gasteiger partial charge in [0.15, 0.2) is 0 Å². The zero-order valence-corrected chi connectivity index (χ0v) is 14.1. The molecule has 5 nitrogen and oxygen atoms in total. The van der Waals surface area contributed by atoms with Gasteiger partial charge in [0.2, 0.25) is 16.0 Å². The Morgan fingerprint density at radius 2 is 2.00 bits per heavy atom. The van der Waals surface area contributed by atoms with Crippen LogP contribution in [0.4, 0.5) is 18.3 Å². The Kier molecular flexibility index (Phi) is 5.22. The highest BCUT2D eigenvalue weighted by Gasteiger charge is 2.37. The molecule has 1 N–H and O–H groups in total. The van der Waals surface area contributed by atoms with Crippen LogP contribution in [0.5, 0.6) is 0 Å². The van der Waals surface area contributed by atoms with E-state index in [1.54, 1.807) is 4.90 Å². The minimum absolute atomic E-state index is 0.0248. The Morgan fingerprint density at radius 3 is 2.68 bits per heavy atom. The van der Waals surface area contributed by atoms with Gasteiger partial charge in [0.25, 0.3) is 0 Å². The van der Waals surface area contributed by atoms with Crippen LogP contribution in [0.2, 0.25) is 0 Å². The summed E-state index contributed by atoms with van der Waals surface area (Å²) in [6, 6.07) is 9.47. The molecule has 9 heteroatoms. The maximum atomic E-state index is 12.5. The summed E-state index contributed by atoms with van der Waals surface area (Å²) in [7, 11) is 0. The molecule has 1 aliphatic rings. The van der Waals surface area contributed by atoms with Crippen molar-refractivity contribution >= 4 is 22.4 Å². The molecular weight excluding hydrogens is 353 g/mol. The Labute approximate surface area is 146 Å². The molecule has 1 saturated heterocycles. The molecule has 1 unspecified atom stereocenters. The molecular formula is C16H17F3N4OS. The lowest BCUT2D eigenvalue weighted by molar-refractivity contribution is -0.138. The summed E-state index contributed by atoms with van der Waals surface area (Å²) in [5.74, 6) is -0.100. The predicted molar refractivity (Wildman–Crippen MR) is 88.3 cm³/mol. The number of likely N-dealkylation sites (tertiary alicyclic amines) is 1. The van der Waals surface area contributed by atoms with Crippen molar-refractivity contribution in [2.75, 3.05) is 18.4 Å². The van der Waals surface area contributed by atoms with Crippen molar-refractivity contribution in [3.8, 4) is 0 Å². The number of hydrogen-bond donors (Lipinski definition) is 1. The van der Waals surface area contributed by atoms with Gasteiger partial charge in [-0.25, -0.2) is 0 Å². The molecule has 0 aliphatic carbocycles. The molecule has 3 rings (SSSR count). The molecule has 1 aromatic heterocycles. The molecule has 0 bridgehead atoms. The second-order valence-electron chi connectivity index (χ2n) is 5.81. The van der Waals surface area contributed by atoms with Crippen LogP contribution in [0.3, 0.4) is 0 Å². The first-order chi connectivity index (χ1) is 11.9. The summed E-state index contributed by atoms with van der Waals surface area (Å²) >= 11 is 0.416. The van der Waals surface area contributed by atoms with E-state index in [4.69, 9.17) is 0 Å². The molecule has 0 radical (unpaired) electrons. The normalized spacial score (nSPS) is 18.0. The third kappa shape index (κ3) is 4.47. The number of amides is 1. The zero-order chi connectivity index (χ0) is 17.9.